The maximum absolute atomic E-state index is 11.9. The number of ether oxygens (including phenoxy) is 1. The Morgan fingerprint density at radius 2 is 1.83 bits per heavy atom. The Balaban J connectivity index is 1.75. The van der Waals surface area contributed by atoms with Gasteiger partial charge in [-0.2, -0.15) is 0 Å². The lowest BCUT2D eigenvalue weighted by Gasteiger charge is -2.04. The molecule has 0 atom stereocenters. The minimum Gasteiger partial charge on any atom is -0.497 e. The number of methoxy groups -OCH3 is 1. The third kappa shape index (κ3) is 5.98. The van der Waals surface area contributed by atoms with Crippen molar-refractivity contribution in [1.29, 1.82) is 0 Å². The van der Waals surface area contributed by atoms with Gasteiger partial charge >= 0.3 is 0 Å². The lowest BCUT2D eigenvalue weighted by Crippen LogP contribution is -2.21. The molecule has 0 spiro atoms. The van der Waals surface area contributed by atoms with E-state index in [2.05, 4.69) is 17.4 Å². The van der Waals surface area contributed by atoms with E-state index in [0.717, 1.165) is 42.9 Å². The predicted molar refractivity (Wildman–Crippen MR) is 100 cm³/mol. The molecule has 3 N–H and O–H groups in total. The monoisotopic (exact) mass is 346 g/mol. The average molecular weight is 346 g/mol. The Bertz CT molecular complexity index is 623. The van der Waals surface area contributed by atoms with E-state index in [0.29, 0.717) is 13.0 Å². The van der Waals surface area contributed by atoms with Crippen LogP contribution in [-0.2, 0) is 11.3 Å². The van der Waals surface area contributed by atoms with Crippen LogP contribution in [0, 0.1) is 0 Å². The number of carbonyl (C=O) groups is 1. The van der Waals surface area contributed by atoms with Gasteiger partial charge in [-0.15, -0.1) is 11.3 Å². The standard InChI is InChI=1S/C19H26N2O2S/c1-23-16-9-7-15(8-10-16)18-12-11-17(24-18)14-21-19(22)6-4-2-3-5-13-20/h7-12H,2-6,13-14,20H2,1H3,(H,21,22). The van der Waals surface area contributed by atoms with Gasteiger partial charge in [0.2, 0.25) is 5.91 Å². The fourth-order valence-corrected chi connectivity index (χ4v) is 3.39. The minimum atomic E-state index is 0.127. The summed E-state index contributed by atoms with van der Waals surface area (Å²) in [4.78, 5) is 14.2. The molecule has 0 aliphatic carbocycles. The van der Waals surface area contributed by atoms with Crippen molar-refractivity contribution in [2.45, 2.75) is 38.6 Å². The molecule has 0 aliphatic heterocycles. The number of benzene rings is 1. The van der Waals surface area contributed by atoms with E-state index in [4.69, 9.17) is 10.5 Å². The zero-order valence-electron chi connectivity index (χ0n) is 14.2. The van der Waals surface area contributed by atoms with Crippen molar-refractivity contribution in [2.75, 3.05) is 13.7 Å². The highest BCUT2D eigenvalue weighted by molar-refractivity contribution is 7.15. The second-order valence-electron chi connectivity index (χ2n) is 5.72. The lowest BCUT2D eigenvalue weighted by molar-refractivity contribution is -0.121. The van der Waals surface area contributed by atoms with E-state index in [1.807, 2.05) is 24.3 Å². The molecule has 4 nitrogen and oxygen atoms in total. The highest BCUT2D eigenvalue weighted by Crippen LogP contribution is 2.29. The van der Waals surface area contributed by atoms with Crippen LogP contribution < -0.4 is 15.8 Å². The molecule has 0 aliphatic rings. The van der Waals surface area contributed by atoms with Gasteiger partial charge in [0.15, 0.2) is 0 Å². The van der Waals surface area contributed by atoms with Gasteiger partial charge in [0.1, 0.15) is 5.75 Å². The van der Waals surface area contributed by atoms with E-state index < -0.39 is 0 Å². The van der Waals surface area contributed by atoms with E-state index in [1.54, 1.807) is 18.4 Å². The van der Waals surface area contributed by atoms with E-state index >= 15 is 0 Å². The summed E-state index contributed by atoms with van der Waals surface area (Å²) in [5.74, 6) is 0.983. The Labute approximate surface area is 148 Å². The van der Waals surface area contributed by atoms with Gasteiger partial charge in [0.25, 0.3) is 0 Å². The number of rotatable bonds is 10. The Morgan fingerprint density at radius 3 is 2.54 bits per heavy atom. The number of amides is 1. The number of hydrogen-bond acceptors (Lipinski definition) is 4. The molecule has 1 amide bonds. The molecule has 5 heteroatoms. The zero-order chi connectivity index (χ0) is 17.2. The van der Waals surface area contributed by atoms with Crippen molar-refractivity contribution in [1.82, 2.24) is 5.32 Å². The molecular weight excluding hydrogens is 320 g/mol. The Hall–Kier alpha value is -1.85. The molecule has 1 aromatic carbocycles. The molecule has 1 aromatic heterocycles. The average Bonchev–Trinajstić information content (AvgIpc) is 3.09. The molecule has 0 saturated carbocycles. The second kappa shape index (κ2) is 10.1. The van der Waals surface area contributed by atoms with Crippen LogP contribution in [0.15, 0.2) is 36.4 Å². The van der Waals surface area contributed by atoms with Crippen LogP contribution >= 0.6 is 11.3 Å². The molecular formula is C19H26N2O2S. The first-order chi connectivity index (χ1) is 11.7. The Kier molecular flexibility index (Phi) is 7.79. The number of hydrogen-bond donors (Lipinski definition) is 2. The number of nitrogens with one attached hydrogen (secondary N) is 1. The van der Waals surface area contributed by atoms with Gasteiger partial charge in [-0.1, -0.05) is 12.8 Å². The summed E-state index contributed by atoms with van der Waals surface area (Å²) in [6.07, 6.45) is 4.77. The molecule has 0 radical (unpaired) electrons. The van der Waals surface area contributed by atoms with Gasteiger partial charge in [-0.3, -0.25) is 4.79 Å². The zero-order valence-corrected chi connectivity index (χ0v) is 15.0. The molecule has 24 heavy (non-hydrogen) atoms. The van der Waals surface area contributed by atoms with Crippen molar-refractivity contribution < 1.29 is 9.53 Å². The molecule has 0 saturated heterocycles. The van der Waals surface area contributed by atoms with Gasteiger partial charge < -0.3 is 15.8 Å². The van der Waals surface area contributed by atoms with Crippen molar-refractivity contribution in [3.8, 4) is 16.2 Å². The first-order valence-electron chi connectivity index (χ1n) is 8.43. The third-order valence-corrected chi connectivity index (χ3v) is 4.99. The first-order valence-corrected chi connectivity index (χ1v) is 9.24. The number of thiophene rings is 1. The van der Waals surface area contributed by atoms with Crippen LogP contribution in [0.25, 0.3) is 10.4 Å². The summed E-state index contributed by atoms with van der Waals surface area (Å²) in [5, 5.41) is 3.00. The Morgan fingerprint density at radius 1 is 1.08 bits per heavy atom. The summed E-state index contributed by atoms with van der Waals surface area (Å²) in [5.41, 5.74) is 6.62. The molecule has 2 aromatic rings. The summed E-state index contributed by atoms with van der Waals surface area (Å²) in [6, 6.07) is 12.2. The van der Waals surface area contributed by atoms with Crippen LogP contribution in [0.3, 0.4) is 0 Å². The van der Waals surface area contributed by atoms with Crippen LogP contribution in [0.1, 0.15) is 37.0 Å². The van der Waals surface area contributed by atoms with E-state index in [1.165, 1.54) is 10.4 Å². The first kappa shape index (κ1) is 18.5. The van der Waals surface area contributed by atoms with Gasteiger partial charge in [0.05, 0.1) is 13.7 Å². The molecule has 0 unspecified atom stereocenters. The fourth-order valence-electron chi connectivity index (χ4n) is 2.44. The van der Waals surface area contributed by atoms with Gasteiger partial charge in [-0.05, 0) is 61.3 Å². The third-order valence-electron chi connectivity index (χ3n) is 3.85. The van der Waals surface area contributed by atoms with E-state index in [9.17, 15) is 4.79 Å². The predicted octanol–water partition coefficient (Wildman–Crippen LogP) is 3.95. The maximum atomic E-state index is 11.9. The summed E-state index contributed by atoms with van der Waals surface area (Å²) >= 11 is 1.71. The molecule has 0 bridgehead atoms. The molecule has 1 heterocycles. The fraction of sp³-hybridized carbons (Fsp3) is 0.421. The molecule has 130 valence electrons. The second-order valence-corrected chi connectivity index (χ2v) is 6.89. The molecule has 0 fully saturated rings. The number of unbranched alkanes of at least 4 members (excludes halogenated alkanes) is 3. The summed E-state index contributed by atoms with van der Waals surface area (Å²) < 4.78 is 5.18. The number of nitrogens with two attached hydrogens (primary N) is 1. The van der Waals surface area contributed by atoms with Crippen LogP contribution in [0.2, 0.25) is 0 Å². The topological polar surface area (TPSA) is 64.3 Å². The van der Waals surface area contributed by atoms with Crippen LogP contribution in [0.4, 0.5) is 0 Å². The van der Waals surface area contributed by atoms with Crippen LogP contribution in [0.5, 0.6) is 5.75 Å². The highest BCUT2D eigenvalue weighted by Gasteiger charge is 2.05. The summed E-state index contributed by atoms with van der Waals surface area (Å²) in [7, 11) is 1.67. The highest BCUT2D eigenvalue weighted by atomic mass is 32.1. The van der Waals surface area contributed by atoms with Gasteiger partial charge in [0, 0.05) is 16.2 Å². The maximum Gasteiger partial charge on any atom is 0.220 e. The molecule has 2 rings (SSSR count). The van der Waals surface area contributed by atoms with Crippen molar-refractivity contribution in [3.63, 3.8) is 0 Å². The van der Waals surface area contributed by atoms with E-state index in [-0.39, 0.29) is 5.91 Å². The van der Waals surface area contributed by atoms with Crippen molar-refractivity contribution in [3.05, 3.63) is 41.3 Å². The smallest absolute Gasteiger partial charge is 0.220 e. The number of carbonyl (C=O) groups excluding carboxylic acids is 1. The SMILES string of the molecule is COc1ccc(-c2ccc(CNC(=O)CCCCCCN)s2)cc1. The quantitative estimate of drug-likeness (QED) is 0.640. The normalized spacial score (nSPS) is 10.6. The minimum absolute atomic E-state index is 0.127. The lowest BCUT2D eigenvalue weighted by atomic mass is 10.1. The van der Waals surface area contributed by atoms with Gasteiger partial charge in [-0.25, -0.2) is 0 Å². The summed E-state index contributed by atoms with van der Waals surface area (Å²) in [6.45, 7) is 1.34. The van der Waals surface area contributed by atoms with Crippen molar-refractivity contribution >= 4 is 17.2 Å². The van der Waals surface area contributed by atoms with Crippen molar-refractivity contribution in [2.24, 2.45) is 5.73 Å². The largest absolute Gasteiger partial charge is 0.497 e. The van der Waals surface area contributed by atoms with Crippen LogP contribution in [-0.4, -0.2) is 19.6 Å².